The molecule has 0 unspecified atom stereocenters. The molecule has 0 spiro atoms. The average molecular weight is 643 g/mol. The summed E-state index contributed by atoms with van der Waals surface area (Å²) >= 11 is 0. The molecule has 0 aliphatic carbocycles. The number of fused-ring (bicyclic) bond motifs is 2. The average Bonchev–Trinajstić information content (AvgIpc) is 3.12. The molecule has 7 aromatic rings. The van der Waals surface area contributed by atoms with E-state index in [1.807, 2.05) is 60.7 Å². The minimum atomic E-state index is -1.14. The quantitative estimate of drug-likeness (QED) is 0.0514. The van der Waals surface area contributed by atoms with E-state index >= 15 is 0 Å². The molecule has 0 aliphatic heterocycles. The van der Waals surface area contributed by atoms with E-state index < -0.39 is 68.6 Å². The molecule has 0 bridgehead atoms. The van der Waals surface area contributed by atoms with Gasteiger partial charge in [-0.15, -0.1) is 0 Å². The Bertz CT molecular complexity index is 2280. The summed E-state index contributed by atoms with van der Waals surface area (Å²) in [6, 6.07) is 28.4. The van der Waals surface area contributed by atoms with Crippen LogP contribution in [0.4, 0.5) is 0 Å². The zero-order valence-electron chi connectivity index (χ0n) is 24.7. The molecule has 10 heteroatoms. The highest BCUT2D eigenvalue weighted by atomic mass is 16.4. The lowest BCUT2D eigenvalue weighted by molar-refractivity contribution is 0.330. The van der Waals surface area contributed by atoms with E-state index in [4.69, 9.17) is 0 Å². The molecular formula is C38H26O10. The van der Waals surface area contributed by atoms with Crippen molar-refractivity contribution in [1.82, 2.24) is 0 Å². The maximum Gasteiger partial charge on any atom is 0.208 e. The summed E-state index contributed by atoms with van der Waals surface area (Å²) in [5.74, 6) is -10.4. The number of aromatic hydroxyl groups is 10. The van der Waals surface area contributed by atoms with Gasteiger partial charge < -0.3 is 51.1 Å². The molecule has 0 fully saturated rings. The molecule has 0 saturated heterocycles. The van der Waals surface area contributed by atoms with E-state index in [0.29, 0.717) is 11.1 Å². The second kappa shape index (κ2) is 10.8. The second-order valence-electron chi connectivity index (χ2n) is 11.2. The van der Waals surface area contributed by atoms with Crippen molar-refractivity contribution >= 4 is 21.5 Å². The fourth-order valence-corrected chi connectivity index (χ4v) is 6.23. The Kier molecular flexibility index (Phi) is 6.72. The van der Waals surface area contributed by atoms with Crippen LogP contribution in [0.5, 0.6) is 57.5 Å². The molecule has 7 rings (SSSR count). The lowest BCUT2D eigenvalue weighted by Crippen LogP contribution is -1.95. The summed E-state index contributed by atoms with van der Waals surface area (Å²) < 4.78 is 0. The van der Waals surface area contributed by atoms with Crippen molar-refractivity contribution in [3.05, 3.63) is 97.1 Å². The normalized spacial score (nSPS) is 11.3. The summed E-state index contributed by atoms with van der Waals surface area (Å²) in [5, 5.41) is 109. The third-order valence-electron chi connectivity index (χ3n) is 8.57. The highest BCUT2D eigenvalue weighted by Crippen LogP contribution is 2.61. The van der Waals surface area contributed by atoms with Gasteiger partial charge in [-0.05, 0) is 55.9 Å². The SMILES string of the molecule is Oc1c(O)c(O)c(-c2c3ccc(-c4ccccc4)cc3c(-c3c(O)c(O)c(O)c(O)c3O)c3cc(-c4ccccc4)ccc23)c(O)c1O. The molecule has 0 aromatic heterocycles. The van der Waals surface area contributed by atoms with Gasteiger partial charge in [-0.3, -0.25) is 0 Å². The largest absolute Gasteiger partial charge is 0.504 e. The number of benzene rings is 7. The van der Waals surface area contributed by atoms with Crippen LogP contribution in [-0.4, -0.2) is 51.1 Å². The van der Waals surface area contributed by atoms with Gasteiger partial charge in [-0.2, -0.15) is 0 Å². The Balaban J connectivity index is 1.77. The van der Waals surface area contributed by atoms with Crippen molar-refractivity contribution in [3.8, 4) is 102 Å². The van der Waals surface area contributed by atoms with E-state index in [9.17, 15) is 51.1 Å². The zero-order chi connectivity index (χ0) is 34.0. The van der Waals surface area contributed by atoms with Crippen LogP contribution in [0.15, 0.2) is 97.1 Å². The number of rotatable bonds is 4. The van der Waals surface area contributed by atoms with Gasteiger partial charge in [0.2, 0.25) is 34.5 Å². The number of phenols is 10. The smallest absolute Gasteiger partial charge is 0.208 e. The van der Waals surface area contributed by atoms with Gasteiger partial charge in [0.05, 0.1) is 11.1 Å². The Morgan fingerprint density at radius 2 is 0.521 bits per heavy atom. The first-order chi connectivity index (χ1) is 23.0. The monoisotopic (exact) mass is 642 g/mol. The molecular weight excluding hydrogens is 616 g/mol. The third-order valence-corrected chi connectivity index (χ3v) is 8.57. The maximum absolute atomic E-state index is 11.3. The Hall–Kier alpha value is -6.94. The van der Waals surface area contributed by atoms with Crippen LogP contribution >= 0.6 is 0 Å². The first-order valence-electron chi connectivity index (χ1n) is 14.5. The van der Waals surface area contributed by atoms with Crippen LogP contribution < -0.4 is 0 Å². The lowest BCUT2D eigenvalue weighted by Gasteiger charge is -2.22. The fraction of sp³-hybridized carbons (Fsp3) is 0. The molecule has 0 saturated carbocycles. The molecule has 48 heavy (non-hydrogen) atoms. The molecule has 0 amide bonds. The van der Waals surface area contributed by atoms with Crippen LogP contribution in [-0.2, 0) is 0 Å². The first-order valence-corrected chi connectivity index (χ1v) is 14.5. The van der Waals surface area contributed by atoms with Crippen LogP contribution in [0, 0.1) is 0 Å². The van der Waals surface area contributed by atoms with Gasteiger partial charge in [0.15, 0.2) is 23.0 Å². The molecule has 0 atom stereocenters. The molecule has 238 valence electrons. The van der Waals surface area contributed by atoms with Crippen molar-refractivity contribution in [2.45, 2.75) is 0 Å². The van der Waals surface area contributed by atoms with E-state index in [2.05, 4.69) is 0 Å². The predicted octanol–water partition coefficient (Wildman–Crippen LogP) is 7.72. The van der Waals surface area contributed by atoms with Gasteiger partial charge in [-0.1, -0.05) is 84.9 Å². The summed E-state index contributed by atoms with van der Waals surface area (Å²) in [6.07, 6.45) is 0. The van der Waals surface area contributed by atoms with E-state index in [-0.39, 0.29) is 32.7 Å². The van der Waals surface area contributed by atoms with Gasteiger partial charge >= 0.3 is 0 Å². The molecule has 10 N–H and O–H groups in total. The second-order valence-corrected chi connectivity index (χ2v) is 11.2. The summed E-state index contributed by atoms with van der Waals surface area (Å²) in [4.78, 5) is 0. The van der Waals surface area contributed by atoms with Crippen LogP contribution in [0.1, 0.15) is 0 Å². The van der Waals surface area contributed by atoms with Gasteiger partial charge in [-0.25, -0.2) is 0 Å². The summed E-state index contributed by atoms with van der Waals surface area (Å²) in [6.45, 7) is 0. The number of hydrogen-bond donors (Lipinski definition) is 10. The Morgan fingerprint density at radius 3 is 0.854 bits per heavy atom. The van der Waals surface area contributed by atoms with Crippen molar-refractivity contribution in [2.24, 2.45) is 0 Å². The summed E-state index contributed by atoms with van der Waals surface area (Å²) in [5.41, 5.74) is 2.09. The van der Waals surface area contributed by atoms with Gasteiger partial charge in [0, 0.05) is 11.1 Å². The minimum Gasteiger partial charge on any atom is -0.504 e. The number of phenolic OH excluding ortho intramolecular Hbond substituents is 10. The zero-order valence-corrected chi connectivity index (χ0v) is 24.7. The van der Waals surface area contributed by atoms with Crippen molar-refractivity contribution < 1.29 is 51.1 Å². The van der Waals surface area contributed by atoms with Crippen molar-refractivity contribution in [2.75, 3.05) is 0 Å². The van der Waals surface area contributed by atoms with E-state index in [0.717, 1.165) is 11.1 Å². The first kappa shape index (κ1) is 29.8. The molecule has 10 nitrogen and oxygen atoms in total. The van der Waals surface area contributed by atoms with Crippen molar-refractivity contribution in [3.63, 3.8) is 0 Å². The molecule has 0 heterocycles. The van der Waals surface area contributed by atoms with Crippen LogP contribution in [0.3, 0.4) is 0 Å². The van der Waals surface area contributed by atoms with Gasteiger partial charge in [0.1, 0.15) is 0 Å². The Morgan fingerprint density at radius 1 is 0.229 bits per heavy atom. The standard InChI is InChI=1S/C38H26O10/c39-29-27(30(40)34(44)37(47)33(29)43)25-21-13-11-19(17-7-3-1-4-8-17)15-23(21)26(28-31(41)35(45)38(48)36(46)32(28)42)24-16-20(12-14-22(24)25)18-9-5-2-6-10-18/h1-16,39-48H. The number of hydrogen-bond acceptors (Lipinski definition) is 10. The lowest BCUT2D eigenvalue weighted by atomic mass is 9.82. The fourth-order valence-electron chi connectivity index (χ4n) is 6.23. The predicted molar refractivity (Wildman–Crippen MR) is 180 cm³/mol. The van der Waals surface area contributed by atoms with Crippen molar-refractivity contribution in [1.29, 1.82) is 0 Å². The van der Waals surface area contributed by atoms with Gasteiger partial charge in [0.25, 0.3) is 0 Å². The maximum atomic E-state index is 11.3. The van der Waals surface area contributed by atoms with E-state index in [1.54, 1.807) is 36.4 Å². The highest BCUT2D eigenvalue weighted by Gasteiger charge is 2.31. The van der Waals surface area contributed by atoms with E-state index in [1.165, 1.54) is 0 Å². The topological polar surface area (TPSA) is 202 Å². The summed E-state index contributed by atoms with van der Waals surface area (Å²) in [7, 11) is 0. The third kappa shape index (κ3) is 4.27. The molecule has 0 aliphatic rings. The molecule has 7 aromatic carbocycles. The minimum absolute atomic E-state index is 0.0751. The van der Waals surface area contributed by atoms with Crippen LogP contribution in [0.25, 0.3) is 66.1 Å². The highest BCUT2D eigenvalue weighted by molar-refractivity contribution is 6.25. The molecule has 0 radical (unpaired) electrons. The Labute approximate surface area is 271 Å². The van der Waals surface area contributed by atoms with Crippen LogP contribution in [0.2, 0.25) is 0 Å².